The first kappa shape index (κ1) is 19.3. The molecule has 0 fully saturated rings. The maximum absolute atomic E-state index is 12.8. The Morgan fingerprint density at radius 2 is 2.27 bits per heavy atom. The van der Waals surface area contributed by atoms with Crippen molar-refractivity contribution in [1.82, 2.24) is 30.7 Å². The minimum Gasteiger partial charge on any atom is -0.494 e. The molecule has 3 aromatic heterocycles. The van der Waals surface area contributed by atoms with E-state index in [4.69, 9.17) is 10.5 Å². The summed E-state index contributed by atoms with van der Waals surface area (Å²) < 4.78 is 11.5. The molecule has 3 heterocycles. The van der Waals surface area contributed by atoms with Crippen LogP contribution in [0.15, 0.2) is 51.5 Å². The molecule has 0 aliphatic carbocycles. The van der Waals surface area contributed by atoms with Crippen molar-refractivity contribution in [2.24, 2.45) is 5.10 Å². The molecule has 12 heteroatoms. The lowest BCUT2D eigenvalue weighted by Crippen LogP contribution is -2.19. The number of nitrogens with one attached hydrogen (secondary N) is 1. The molecule has 0 radical (unpaired) electrons. The Balaban J connectivity index is 1.73. The first-order chi connectivity index (χ1) is 14.7. The summed E-state index contributed by atoms with van der Waals surface area (Å²) in [4.78, 5) is 13.7. The van der Waals surface area contributed by atoms with E-state index in [9.17, 15) is 4.79 Å². The number of hydrogen-bond donors (Lipinski definition) is 2. The molecule has 4 rings (SSSR count). The number of carbonyl (C=O) groups is 1. The van der Waals surface area contributed by atoms with Gasteiger partial charge in [-0.3, -0.25) is 4.79 Å². The van der Waals surface area contributed by atoms with Gasteiger partial charge in [-0.15, -0.1) is 16.4 Å². The fourth-order valence-corrected chi connectivity index (χ4v) is 3.24. The number of hydrogen-bond acceptors (Lipinski definition) is 10. The Kier molecular flexibility index (Phi) is 5.48. The van der Waals surface area contributed by atoms with Crippen molar-refractivity contribution in [3.05, 3.63) is 52.3 Å². The average Bonchev–Trinajstić information content (AvgIpc) is 3.49. The summed E-state index contributed by atoms with van der Waals surface area (Å²) in [5.74, 6) is 0.183. The van der Waals surface area contributed by atoms with E-state index in [-0.39, 0.29) is 17.3 Å². The van der Waals surface area contributed by atoms with Crippen LogP contribution in [0.5, 0.6) is 5.75 Å². The molecular weight excluding hydrogens is 408 g/mol. The highest BCUT2D eigenvalue weighted by atomic mass is 32.1. The number of ether oxygens (including phenoxy) is 1. The van der Waals surface area contributed by atoms with Crippen molar-refractivity contribution < 1.29 is 14.2 Å². The van der Waals surface area contributed by atoms with E-state index >= 15 is 0 Å². The molecule has 0 saturated heterocycles. The average molecular weight is 424 g/mol. The molecule has 1 amide bonds. The third-order valence-electron chi connectivity index (χ3n) is 3.90. The van der Waals surface area contributed by atoms with Gasteiger partial charge in [0, 0.05) is 10.4 Å². The van der Waals surface area contributed by atoms with Crippen molar-refractivity contribution in [2.45, 2.75) is 6.92 Å². The first-order valence-electron chi connectivity index (χ1n) is 8.81. The molecular formula is C18H16N8O3S. The summed E-state index contributed by atoms with van der Waals surface area (Å²) in [5, 5.41) is 21.2. The van der Waals surface area contributed by atoms with Crippen LogP contribution in [-0.4, -0.2) is 44.0 Å². The molecule has 4 aromatic rings. The molecule has 30 heavy (non-hydrogen) atoms. The first-order valence-corrected chi connectivity index (χ1v) is 9.69. The highest BCUT2D eigenvalue weighted by Crippen LogP contribution is 2.29. The second-order valence-corrected chi connectivity index (χ2v) is 6.83. The minimum atomic E-state index is -0.555. The number of thiophene rings is 1. The quantitative estimate of drug-likeness (QED) is 0.339. The number of nitrogen functional groups attached to an aromatic ring is 1. The largest absolute Gasteiger partial charge is 0.494 e. The van der Waals surface area contributed by atoms with Gasteiger partial charge in [0.2, 0.25) is 11.6 Å². The fourth-order valence-electron chi connectivity index (χ4n) is 2.65. The number of rotatable bonds is 7. The summed E-state index contributed by atoms with van der Waals surface area (Å²) in [6.45, 7) is 2.37. The third kappa shape index (κ3) is 3.89. The van der Waals surface area contributed by atoms with Gasteiger partial charge >= 0.3 is 0 Å². The number of nitrogens with zero attached hydrogens (tertiary/aromatic N) is 6. The van der Waals surface area contributed by atoms with E-state index in [0.717, 1.165) is 4.88 Å². The number of hydrazone groups is 1. The van der Waals surface area contributed by atoms with Crippen LogP contribution in [0.4, 0.5) is 5.82 Å². The van der Waals surface area contributed by atoms with Gasteiger partial charge in [0.25, 0.3) is 5.91 Å². The van der Waals surface area contributed by atoms with Crippen LogP contribution >= 0.6 is 11.3 Å². The Labute approximate surface area is 174 Å². The highest BCUT2D eigenvalue weighted by molar-refractivity contribution is 7.11. The van der Waals surface area contributed by atoms with E-state index in [1.807, 2.05) is 24.4 Å². The number of nitrogens with two attached hydrogens (primary N) is 1. The Morgan fingerprint density at radius 1 is 1.37 bits per heavy atom. The van der Waals surface area contributed by atoms with E-state index in [1.165, 1.54) is 16.0 Å². The molecule has 3 N–H and O–H groups in total. The lowest BCUT2D eigenvalue weighted by Gasteiger charge is -2.08. The standard InChI is InChI=1S/C18H16N8O3S/c1-2-28-12-6-3-5-11(9-12)15-14(18(27)22-20-10-13-7-4-8-30-13)21-25-26(15)17-16(19)23-29-24-17/h3-10H,2H2,1H3,(H2,19,23)(H,22,27)/b20-10-. The molecule has 0 unspecified atom stereocenters. The molecule has 0 aliphatic rings. The van der Waals surface area contributed by atoms with Crippen LogP contribution in [0.2, 0.25) is 0 Å². The zero-order chi connectivity index (χ0) is 20.9. The maximum atomic E-state index is 12.8. The van der Waals surface area contributed by atoms with Crippen molar-refractivity contribution >= 4 is 29.3 Å². The highest BCUT2D eigenvalue weighted by Gasteiger charge is 2.25. The minimum absolute atomic E-state index is 0.00443. The number of carbonyl (C=O) groups excluding carboxylic acids is 1. The molecule has 0 aliphatic heterocycles. The molecule has 0 spiro atoms. The SMILES string of the molecule is CCOc1cccc(-c2c(C(=O)N/N=C\c3cccs3)nnn2-c2nonc2N)c1. The van der Waals surface area contributed by atoms with Gasteiger partial charge in [0.15, 0.2) is 5.69 Å². The van der Waals surface area contributed by atoms with Gasteiger partial charge < -0.3 is 10.5 Å². The molecule has 0 bridgehead atoms. The van der Waals surface area contributed by atoms with Gasteiger partial charge in [-0.25, -0.2) is 10.1 Å². The second kappa shape index (κ2) is 8.53. The fraction of sp³-hybridized carbons (Fsp3) is 0.111. The lowest BCUT2D eigenvalue weighted by molar-refractivity contribution is 0.0950. The van der Waals surface area contributed by atoms with Crippen LogP contribution in [0, 0.1) is 0 Å². The van der Waals surface area contributed by atoms with Crippen molar-refractivity contribution in [3.8, 4) is 22.8 Å². The number of benzene rings is 1. The summed E-state index contributed by atoms with van der Waals surface area (Å²) in [6.07, 6.45) is 1.54. The van der Waals surface area contributed by atoms with Crippen molar-refractivity contribution in [1.29, 1.82) is 0 Å². The molecule has 1 aromatic carbocycles. The van der Waals surface area contributed by atoms with Gasteiger partial charge in [0.05, 0.1) is 12.8 Å². The van der Waals surface area contributed by atoms with Crippen LogP contribution in [0.1, 0.15) is 22.3 Å². The molecule has 11 nitrogen and oxygen atoms in total. The van der Waals surface area contributed by atoms with Crippen LogP contribution in [0.25, 0.3) is 17.1 Å². The van der Waals surface area contributed by atoms with E-state index < -0.39 is 5.91 Å². The summed E-state index contributed by atoms with van der Waals surface area (Å²) in [5.41, 5.74) is 9.24. The normalized spacial score (nSPS) is 11.1. The Morgan fingerprint density at radius 3 is 3.00 bits per heavy atom. The number of amides is 1. The Hall–Kier alpha value is -4.06. The van der Waals surface area contributed by atoms with E-state index in [1.54, 1.807) is 30.5 Å². The predicted octanol–water partition coefficient (Wildman–Crippen LogP) is 2.12. The number of anilines is 1. The zero-order valence-corrected chi connectivity index (χ0v) is 16.5. The van der Waals surface area contributed by atoms with Crippen LogP contribution in [-0.2, 0) is 0 Å². The van der Waals surface area contributed by atoms with E-state index in [2.05, 4.69) is 35.8 Å². The van der Waals surface area contributed by atoms with Crippen molar-refractivity contribution in [2.75, 3.05) is 12.3 Å². The number of aromatic nitrogens is 5. The molecule has 152 valence electrons. The monoisotopic (exact) mass is 424 g/mol. The second-order valence-electron chi connectivity index (χ2n) is 5.85. The summed E-state index contributed by atoms with van der Waals surface area (Å²) in [7, 11) is 0. The topological polar surface area (TPSA) is 146 Å². The van der Waals surface area contributed by atoms with Gasteiger partial charge in [-0.2, -0.15) is 9.78 Å². The zero-order valence-electron chi connectivity index (χ0n) is 15.7. The van der Waals surface area contributed by atoms with Crippen molar-refractivity contribution in [3.63, 3.8) is 0 Å². The summed E-state index contributed by atoms with van der Waals surface area (Å²) >= 11 is 1.49. The predicted molar refractivity (Wildman–Crippen MR) is 110 cm³/mol. The smallest absolute Gasteiger partial charge is 0.294 e. The Bertz CT molecular complexity index is 1180. The molecule has 0 saturated carbocycles. The van der Waals surface area contributed by atoms with Gasteiger partial charge in [-0.05, 0) is 40.8 Å². The third-order valence-corrected chi connectivity index (χ3v) is 4.71. The molecule has 0 atom stereocenters. The lowest BCUT2D eigenvalue weighted by atomic mass is 10.1. The van der Waals surface area contributed by atoms with Crippen LogP contribution in [0.3, 0.4) is 0 Å². The van der Waals surface area contributed by atoms with E-state index in [0.29, 0.717) is 23.6 Å². The van der Waals surface area contributed by atoms with Crippen LogP contribution < -0.4 is 15.9 Å². The van der Waals surface area contributed by atoms with Gasteiger partial charge in [-0.1, -0.05) is 23.4 Å². The maximum Gasteiger partial charge on any atom is 0.294 e. The van der Waals surface area contributed by atoms with Gasteiger partial charge in [0.1, 0.15) is 11.4 Å². The summed E-state index contributed by atoms with van der Waals surface area (Å²) in [6, 6.07) is 10.9.